The van der Waals surface area contributed by atoms with Gasteiger partial charge in [0.2, 0.25) is 11.8 Å². The molecule has 1 N–H and O–H groups in total. The second-order valence-corrected chi connectivity index (χ2v) is 6.66. The van der Waals surface area contributed by atoms with Gasteiger partial charge in [-0.15, -0.1) is 0 Å². The molecular formula is C18H26N2O2. The van der Waals surface area contributed by atoms with E-state index in [9.17, 15) is 9.59 Å². The summed E-state index contributed by atoms with van der Waals surface area (Å²) < 4.78 is 0. The van der Waals surface area contributed by atoms with Crippen molar-refractivity contribution in [3.63, 3.8) is 0 Å². The van der Waals surface area contributed by atoms with Crippen LogP contribution in [0.3, 0.4) is 0 Å². The lowest BCUT2D eigenvalue weighted by Crippen LogP contribution is -2.36. The number of rotatable bonds is 4. The SMILES string of the molecule is Cc1ccc(NC(=O)C2CCN(C(=O)[C@@H](C)C(C)C)C2)cc1. The van der Waals surface area contributed by atoms with Gasteiger partial charge in [0.1, 0.15) is 0 Å². The van der Waals surface area contributed by atoms with Gasteiger partial charge in [-0.3, -0.25) is 9.59 Å². The summed E-state index contributed by atoms with van der Waals surface area (Å²) in [6.45, 7) is 9.31. The van der Waals surface area contributed by atoms with Gasteiger partial charge in [0.15, 0.2) is 0 Å². The Labute approximate surface area is 132 Å². The number of amides is 2. The van der Waals surface area contributed by atoms with Crippen LogP contribution in [0, 0.1) is 24.7 Å². The Morgan fingerprint density at radius 1 is 1.18 bits per heavy atom. The van der Waals surface area contributed by atoms with Gasteiger partial charge in [0, 0.05) is 24.7 Å². The third-order valence-corrected chi connectivity index (χ3v) is 4.58. The number of anilines is 1. The van der Waals surface area contributed by atoms with Gasteiger partial charge in [-0.25, -0.2) is 0 Å². The fraction of sp³-hybridized carbons (Fsp3) is 0.556. The van der Waals surface area contributed by atoms with E-state index in [1.165, 1.54) is 5.56 Å². The molecule has 2 amide bonds. The average molecular weight is 302 g/mol. The molecule has 1 unspecified atom stereocenters. The first-order valence-corrected chi connectivity index (χ1v) is 8.04. The molecule has 2 rings (SSSR count). The Bertz CT molecular complexity index is 537. The van der Waals surface area contributed by atoms with Crippen molar-refractivity contribution in [1.29, 1.82) is 0 Å². The van der Waals surface area contributed by atoms with Gasteiger partial charge >= 0.3 is 0 Å². The van der Waals surface area contributed by atoms with E-state index in [1.807, 2.05) is 43.0 Å². The van der Waals surface area contributed by atoms with Crippen LogP contribution in [-0.2, 0) is 9.59 Å². The average Bonchev–Trinajstić information content (AvgIpc) is 2.98. The lowest BCUT2D eigenvalue weighted by Gasteiger charge is -2.23. The highest BCUT2D eigenvalue weighted by Crippen LogP contribution is 2.22. The van der Waals surface area contributed by atoms with Gasteiger partial charge in [-0.05, 0) is 31.4 Å². The number of nitrogens with one attached hydrogen (secondary N) is 1. The van der Waals surface area contributed by atoms with Crippen LogP contribution in [0.2, 0.25) is 0 Å². The zero-order valence-corrected chi connectivity index (χ0v) is 13.9. The Morgan fingerprint density at radius 3 is 2.41 bits per heavy atom. The highest BCUT2D eigenvalue weighted by atomic mass is 16.2. The first kappa shape index (κ1) is 16.5. The van der Waals surface area contributed by atoms with E-state index in [-0.39, 0.29) is 23.7 Å². The van der Waals surface area contributed by atoms with Crippen molar-refractivity contribution in [3.8, 4) is 0 Å². The molecule has 120 valence electrons. The summed E-state index contributed by atoms with van der Waals surface area (Å²) in [5.41, 5.74) is 1.98. The smallest absolute Gasteiger partial charge is 0.229 e. The van der Waals surface area contributed by atoms with E-state index >= 15 is 0 Å². The van der Waals surface area contributed by atoms with Crippen LogP contribution >= 0.6 is 0 Å². The van der Waals surface area contributed by atoms with Gasteiger partial charge in [0.05, 0.1) is 5.92 Å². The molecule has 0 saturated carbocycles. The quantitative estimate of drug-likeness (QED) is 0.929. The summed E-state index contributed by atoms with van der Waals surface area (Å²) in [4.78, 5) is 26.5. The highest BCUT2D eigenvalue weighted by molar-refractivity contribution is 5.93. The first-order chi connectivity index (χ1) is 10.4. The number of carbonyl (C=O) groups excluding carboxylic acids is 2. The minimum atomic E-state index is -0.107. The minimum absolute atomic E-state index is 0.0105. The van der Waals surface area contributed by atoms with Crippen molar-refractivity contribution in [3.05, 3.63) is 29.8 Å². The predicted molar refractivity (Wildman–Crippen MR) is 88.5 cm³/mol. The number of nitrogens with zero attached hydrogens (tertiary/aromatic N) is 1. The lowest BCUT2D eigenvalue weighted by molar-refractivity contribution is -0.135. The molecule has 1 fully saturated rings. The fourth-order valence-corrected chi connectivity index (χ4v) is 2.63. The summed E-state index contributed by atoms with van der Waals surface area (Å²) in [5, 5.41) is 2.95. The van der Waals surface area contributed by atoms with E-state index in [0.717, 1.165) is 12.1 Å². The molecule has 0 bridgehead atoms. The Hall–Kier alpha value is -1.84. The highest BCUT2D eigenvalue weighted by Gasteiger charge is 2.33. The Kier molecular flexibility index (Phi) is 5.22. The molecule has 22 heavy (non-hydrogen) atoms. The molecule has 4 nitrogen and oxygen atoms in total. The van der Waals surface area contributed by atoms with E-state index in [2.05, 4.69) is 19.2 Å². The molecule has 2 atom stereocenters. The molecule has 1 aromatic rings. The summed E-state index contributed by atoms with van der Waals surface area (Å²) in [6.07, 6.45) is 0.744. The number of hydrogen-bond acceptors (Lipinski definition) is 2. The van der Waals surface area contributed by atoms with Crippen LogP contribution in [0.4, 0.5) is 5.69 Å². The number of carbonyl (C=O) groups is 2. The molecule has 0 aromatic heterocycles. The van der Waals surface area contributed by atoms with Crippen LogP contribution in [0.25, 0.3) is 0 Å². The molecule has 1 heterocycles. The summed E-state index contributed by atoms with van der Waals surface area (Å²) in [7, 11) is 0. The maximum Gasteiger partial charge on any atom is 0.229 e. The number of aryl methyl sites for hydroxylation is 1. The minimum Gasteiger partial charge on any atom is -0.342 e. The van der Waals surface area contributed by atoms with E-state index < -0.39 is 0 Å². The number of benzene rings is 1. The molecule has 1 aliphatic heterocycles. The Morgan fingerprint density at radius 2 is 1.82 bits per heavy atom. The van der Waals surface area contributed by atoms with Crippen molar-refractivity contribution < 1.29 is 9.59 Å². The molecule has 4 heteroatoms. The van der Waals surface area contributed by atoms with Crippen LogP contribution < -0.4 is 5.32 Å². The normalized spacial score (nSPS) is 19.3. The molecular weight excluding hydrogens is 276 g/mol. The topological polar surface area (TPSA) is 49.4 Å². The molecule has 1 saturated heterocycles. The second kappa shape index (κ2) is 6.95. The molecule has 1 aromatic carbocycles. The summed E-state index contributed by atoms with van der Waals surface area (Å²) in [6, 6.07) is 7.77. The zero-order valence-electron chi connectivity index (χ0n) is 13.9. The number of likely N-dealkylation sites (tertiary alicyclic amines) is 1. The van der Waals surface area contributed by atoms with Crippen LogP contribution in [0.1, 0.15) is 32.8 Å². The lowest BCUT2D eigenvalue weighted by atomic mass is 9.97. The maximum atomic E-state index is 12.3. The van der Waals surface area contributed by atoms with Gasteiger partial charge < -0.3 is 10.2 Å². The van der Waals surface area contributed by atoms with Crippen LogP contribution in [-0.4, -0.2) is 29.8 Å². The van der Waals surface area contributed by atoms with Crippen LogP contribution in [0.15, 0.2) is 24.3 Å². The maximum absolute atomic E-state index is 12.3. The standard InChI is InChI=1S/C18H26N2O2/c1-12(2)14(4)18(22)20-10-9-15(11-20)17(21)19-16-7-5-13(3)6-8-16/h5-8,12,14-15H,9-11H2,1-4H3,(H,19,21)/t14-,15?/m0/s1. The van der Waals surface area contributed by atoms with Crippen molar-refractivity contribution >= 4 is 17.5 Å². The van der Waals surface area contributed by atoms with Crippen molar-refractivity contribution in [2.24, 2.45) is 17.8 Å². The van der Waals surface area contributed by atoms with Crippen molar-refractivity contribution in [2.75, 3.05) is 18.4 Å². The second-order valence-electron chi connectivity index (χ2n) is 6.66. The zero-order chi connectivity index (χ0) is 16.3. The van der Waals surface area contributed by atoms with Crippen molar-refractivity contribution in [1.82, 2.24) is 4.90 Å². The van der Waals surface area contributed by atoms with Gasteiger partial charge in [-0.2, -0.15) is 0 Å². The van der Waals surface area contributed by atoms with Crippen LogP contribution in [0.5, 0.6) is 0 Å². The molecule has 0 radical (unpaired) electrons. The monoisotopic (exact) mass is 302 g/mol. The fourth-order valence-electron chi connectivity index (χ4n) is 2.63. The predicted octanol–water partition coefficient (Wildman–Crippen LogP) is 3.07. The molecule has 0 spiro atoms. The molecule has 1 aliphatic rings. The van der Waals surface area contributed by atoms with E-state index in [4.69, 9.17) is 0 Å². The van der Waals surface area contributed by atoms with Crippen molar-refractivity contribution in [2.45, 2.75) is 34.1 Å². The first-order valence-electron chi connectivity index (χ1n) is 8.04. The molecule has 0 aliphatic carbocycles. The third-order valence-electron chi connectivity index (χ3n) is 4.58. The van der Waals surface area contributed by atoms with Gasteiger partial charge in [-0.1, -0.05) is 38.5 Å². The van der Waals surface area contributed by atoms with E-state index in [0.29, 0.717) is 19.0 Å². The third kappa shape index (κ3) is 3.87. The van der Waals surface area contributed by atoms with Gasteiger partial charge in [0.25, 0.3) is 0 Å². The summed E-state index contributed by atoms with van der Waals surface area (Å²) in [5.74, 6) is 0.411. The largest absolute Gasteiger partial charge is 0.342 e. The summed E-state index contributed by atoms with van der Waals surface area (Å²) >= 11 is 0. The van der Waals surface area contributed by atoms with E-state index in [1.54, 1.807) is 0 Å². The Balaban J connectivity index is 1.91. The number of hydrogen-bond donors (Lipinski definition) is 1.